The van der Waals surface area contributed by atoms with Crippen molar-refractivity contribution in [2.75, 3.05) is 52.9 Å². The number of fused-ring (bicyclic) bond motifs is 6. The van der Waals surface area contributed by atoms with Gasteiger partial charge >= 0.3 is 0 Å². The third-order valence-electron chi connectivity index (χ3n) is 15.3. The first kappa shape index (κ1) is 48.6. The van der Waals surface area contributed by atoms with Gasteiger partial charge < -0.3 is 29.2 Å². The summed E-state index contributed by atoms with van der Waals surface area (Å²) in [6.07, 6.45) is 0. The third-order valence-corrected chi connectivity index (χ3v) is 15.3. The Hall–Kier alpha value is -8.36. The number of hydrogen-bond acceptors (Lipinski definition) is 6. The van der Waals surface area contributed by atoms with Gasteiger partial charge in [0.1, 0.15) is 24.7 Å². The molecule has 0 unspecified atom stereocenters. The number of aliphatic hydroxyl groups excluding tert-OH is 2. The molecule has 6 heteroatoms. The molecule has 2 N–H and O–H groups in total. The summed E-state index contributed by atoms with van der Waals surface area (Å²) in [5.74, 6) is 1.56. The van der Waals surface area contributed by atoms with E-state index in [1.165, 1.54) is 55.6 Å². The molecule has 0 amide bonds. The number of hydrogen-bond donors (Lipinski definition) is 2. The van der Waals surface area contributed by atoms with Gasteiger partial charge in [0.05, 0.1) is 50.5 Å². The van der Waals surface area contributed by atoms with E-state index in [2.05, 4.69) is 231 Å². The minimum atomic E-state index is -0.635. The number of rotatable bonds is 19. The fourth-order valence-corrected chi connectivity index (χ4v) is 12.1. The number of ether oxygens (including phenoxy) is 4. The van der Waals surface area contributed by atoms with Crippen molar-refractivity contribution in [1.29, 1.82) is 0 Å². The van der Waals surface area contributed by atoms with E-state index < -0.39 is 10.8 Å². The number of benzene rings is 10. The Labute approximate surface area is 445 Å². The second-order valence-electron chi connectivity index (χ2n) is 19.4. The van der Waals surface area contributed by atoms with E-state index >= 15 is 0 Å². The summed E-state index contributed by atoms with van der Waals surface area (Å²) < 4.78 is 24.0. The summed E-state index contributed by atoms with van der Waals surface area (Å²) in [6.45, 7) is 1.98. The molecular weight excluding hydrogens is 937 g/mol. The lowest BCUT2D eigenvalue weighted by Gasteiger charge is -2.35. The highest BCUT2D eigenvalue weighted by molar-refractivity contribution is 5.89. The highest BCUT2D eigenvalue weighted by atomic mass is 16.5. The van der Waals surface area contributed by atoms with Crippen LogP contribution in [0.25, 0.3) is 55.6 Å². The van der Waals surface area contributed by atoms with Crippen molar-refractivity contribution in [3.05, 3.63) is 287 Å². The minimum Gasteiger partial charge on any atom is -0.491 e. The predicted molar refractivity (Wildman–Crippen MR) is 304 cm³/mol. The summed E-state index contributed by atoms with van der Waals surface area (Å²) in [4.78, 5) is 0. The Bertz CT molecular complexity index is 3290. The van der Waals surface area contributed by atoms with Gasteiger partial charge in [-0.05, 0) is 113 Å². The van der Waals surface area contributed by atoms with E-state index in [0.29, 0.717) is 26.4 Å². The SMILES string of the molecule is OCCOCCOc1ccc(C2(c3ccc(-c4ccc(C5(c6ccc(OCCOCCO)c(-c7ccccc7)c6)c6ccccc6-c6ccccc65)cc4)cc3)c3ccccc3-c3ccccc32)cc1-c1ccccc1. The van der Waals surface area contributed by atoms with Crippen LogP contribution in [0.1, 0.15) is 44.5 Å². The normalized spacial score (nSPS) is 13.3. The summed E-state index contributed by atoms with van der Waals surface area (Å²) in [5.41, 5.74) is 19.6. The quantitative estimate of drug-likeness (QED) is 0.0786. The van der Waals surface area contributed by atoms with Crippen LogP contribution in [-0.4, -0.2) is 63.1 Å². The molecule has 12 rings (SSSR count). The molecule has 0 fully saturated rings. The molecule has 2 aliphatic carbocycles. The number of aliphatic hydroxyl groups is 2. The predicted octanol–water partition coefficient (Wildman–Crippen LogP) is 14.2. The first-order valence-corrected chi connectivity index (χ1v) is 26.3. The minimum absolute atomic E-state index is 0.0247. The highest BCUT2D eigenvalue weighted by Gasteiger charge is 2.48. The molecule has 0 saturated heterocycles. The van der Waals surface area contributed by atoms with E-state index in [1.807, 2.05) is 12.1 Å². The van der Waals surface area contributed by atoms with Crippen LogP contribution < -0.4 is 9.47 Å². The molecule has 2 aliphatic rings. The van der Waals surface area contributed by atoms with Crippen LogP contribution in [0.4, 0.5) is 0 Å². The molecule has 0 radical (unpaired) electrons. The van der Waals surface area contributed by atoms with Crippen LogP contribution in [0.3, 0.4) is 0 Å². The molecule has 0 atom stereocenters. The summed E-state index contributed by atoms with van der Waals surface area (Å²) in [6, 6.07) is 88.1. The average molecular weight is 995 g/mol. The Morgan fingerprint density at radius 2 is 0.579 bits per heavy atom. The Balaban J connectivity index is 0.963. The maximum absolute atomic E-state index is 9.28. The summed E-state index contributed by atoms with van der Waals surface area (Å²) in [7, 11) is 0. The van der Waals surface area contributed by atoms with E-state index in [-0.39, 0.29) is 26.4 Å². The van der Waals surface area contributed by atoms with Crippen LogP contribution in [0, 0.1) is 0 Å². The fraction of sp³-hybridized carbons (Fsp3) is 0.143. The Morgan fingerprint density at radius 1 is 0.263 bits per heavy atom. The lowest BCUT2D eigenvalue weighted by atomic mass is 9.67. The van der Waals surface area contributed by atoms with Crippen molar-refractivity contribution in [2.45, 2.75) is 10.8 Å². The largest absolute Gasteiger partial charge is 0.491 e. The zero-order valence-electron chi connectivity index (χ0n) is 42.3. The molecule has 374 valence electrons. The maximum atomic E-state index is 9.28. The van der Waals surface area contributed by atoms with E-state index in [9.17, 15) is 10.2 Å². The van der Waals surface area contributed by atoms with Crippen molar-refractivity contribution < 1.29 is 29.2 Å². The molecule has 6 nitrogen and oxygen atoms in total. The Kier molecular flexibility index (Phi) is 13.7. The van der Waals surface area contributed by atoms with Gasteiger partial charge in [-0.2, -0.15) is 0 Å². The van der Waals surface area contributed by atoms with Crippen molar-refractivity contribution in [1.82, 2.24) is 0 Å². The van der Waals surface area contributed by atoms with E-state index in [1.54, 1.807) is 0 Å². The molecule has 76 heavy (non-hydrogen) atoms. The van der Waals surface area contributed by atoms with Gasteiger partial charge in [0.25, 0.3) is 0 Å². The monoisotopic (exact) mass is 994 g/mol. The molecule has 0 bridgehead atoms. The molecule has 0 saturated carbocycles. The zero-order chi connectivity index (χ0) is 51.3. The van der Waals surface area contributed by atoms with Crippen LogP contribution in [0.15, 0.2) is 243 Å². The molecule has 0 aliphatic heterocycles. The van der Waals surface area contributed by atoms with Crippen LogP contribution in [-0.2, 0) is 20.3 Å². The van der Waals surface area contributed by atoms with Crippen molar-refractivity contribution in [3.8, 4) is 67.1 Å². The molecule has 0 aromatic heterocycles. The molecular formula is C70H58O6. The van der Waals surface area contributed by atoms with Gasteiger partial charge in [0, 0.05) is 11.1 Å². The average Bonchev–Trinajstić information content (AvgIpc) is 4.03. The van der Waals surface area contributed by atoms with Gasteiger partial charge in [-0.15, -0.1) is 0 Å². The maximum Gasteiger partial charge on any atom is 0.127 e. The highest BCUT2D eigenvalue weighted by Crippen LogP contribution is 2.59. The lowest BCUT2D eigenvalue weighted by Crippen LogP contribution is -2.28. The van der Waals surface area contributed by atoms with Crippen LogP contribution in [0.2, 0.25) is 0 Å². The van der Waals surface area contributed by atoms with Gasteiger partial charge in [-0.1, -0.05) is 218 Å². The topological polar surface area (TPSA) is 77.4 Å². The molecule has 0 heterocycles. The molecule has 10 aromatic carbocycles. The summed E-state index contributed by atoms with van der Waals surface area (Å²) in [5, 5.41) is 18.6. The summed E-state index contributed by atoms with van der Waals surface area (Å²) >= 11 is 0. The molecule has 0 spiro atoms. The second-order valence-corrected chi connectivity index (χ2v) is 19.4. The zero-order valence-corrected chi connectivity index (χ0v) is 42.3. The lowest BCUT2D eigenvalue weighted by molar-refractivity contribution is 0.0706. The van der Waals surface area contributed by atoms with Gasteiger partial charge in [0.15, 0.2) is 0 Å². The fourth-order valence-electron chi connectivity index (χ4n) is 12.1. The van der Waals surface area contributed by atoms with Crippen molar-refractivity contribution >= 4 is 0 Å². The van der Waals surface area contributed by atoms with Gasteiger partial charge in [0.2, 0.25) is 0 Å². The van der Waals surface area contributed by atoms with E-state index in [0.717, 1.165) is 56.0 Å². The molecule has 10 aromatic rings. The van der Waals surface area contributed by atoms with Crippen molar-refractivity contribution in [3.63, 3.8) is 0 Å². The van der Waals surface area contributed by atoms with Gasteiger partial charge in [-0.25, -0.2) is 0 Å². The second kappa shape index (κ2) is 21.5. The van der Waals surface area contributed by atoms with Crippen LogP contribution in [0.5, 0.6) is 11.5 Å². The first-order chi connectivity index (χ1) is 37.6. The Morgan fingerprint density at radius 3 is 0.921 bits per heavy atom. The van der Waals surface area contributed by atoms with Crippen LogP contribution >= 0.6 is 0 Å². The van der Waals surface area contributed by atoms with Crippen molar-refractivity contribution in [2.24, 2.45) is 0 Å². The first-order valence-electron chi connectivity index (χ1n) is 26.3. The third kappa shape index (κ3) is 8.50. The van der Waals surface area contributed by atoms with E-state index in [4.69, 9.17) is 18.9 Å². The van der Waals surface area contributed by atoms with Gasteiger partial charge in [-0.3, -0.25) is 0 Å². The standard InChI is InChI=1S/C70H58O6/c71-39-41-73-43-45-75-67-37-35-55(47-61(67)51-15-3-1-4-16-51)69(63-23-11-7-19-57(63)58-20-8-12-24-64(58)69)53-31-27-49(28-32-53)50-29-33-54(34-30-50)70(65-25-13-9-21-59(65)60-22-10-14-26-66(60)70)56-36-38-68(76-46-44-74-42-40-72)62(48-56)52-17-5-2-6-18-52/h1-38,47-48,71-72H,39-46H2. The smallest absolute Gasteiger partial charge is 0.127 e.